The third-order valence-electron chi connectivity index (χ3n) is 2.74. The quantitative estimate of drug-likeness (QED) is 0.585. The van der Waals surface area contributed by atoms with Gasteiger partial charge in [-0.2, -0.15) is 0 Å². The molecule has 0 spiro atoms. The van der Waals surface area contributed by atoms with Crippen LogP contribution in [0.3, 0.4) is 0 Å². The first-order chi connectivity index (χ1) is 10.9. The van der Waals surface area contributed by atoms with Crippen molar-refractivity contribution in [3.8, 4) is 0 Å². The zero-order valence-corrected chi connectivity index (χ0v) is 11.6. The van der Waals surface area contributed by atoms with Gasteiger partial charge in [0.1, 0.15) is 55.4 Å². The largest absolute Gasteiger partial charge is 0.281 e. The van der Waals surface area contributed by atoms with Gasteiger partial charge < -0.3 is 0 Å². The van der Waals surface area contributed by atoms with Gasteiger partial charge in [0.25, 0.3) is 0 Å². The number of hydrogen-bond acceptors (Lipinski definition) is 10. The van der Waals surface area contributed by atoms with Crippen LogP contribution in [0.2, 0.25) is 0 Å². The Balaban J connectivity index is 1.75. The van der Waals surface area contributed by atoms with Gasteiger partial charge in [-0.25, -0.2) is 44.9 Å². The average Bonchev–Trinajstić information content (AvgIpc) is 2.57. The zero-order valence-electron chi connectivity index (χ0n) is 11.6. The minimum Gasteiger partial charge on any atom is -0.281 e. The van der Waals surface area contributed by atoms with Gasteiger partial charge in [0.2, 0.25) is 0 Å². The smallest absolute Gasteiger partial charge is 0.145 e. The zero-order chi connectivity index (χ0) is 15.0. The molecule has 0 aliphatic carbocycles. The molecule has 0 aliphatic rings. The highest BCUT2D eigenvalue weighted by Crippen LogP contribution is 2.06. The minimum atomic E-state index is 0.500. The second kappa shape index (κ2) is 7.13. The molecule has 0 aliphatic heterocycles. The van der Waals surface area contributed by atoms with Crippen molar-refractivity contribution >= 4 is 0 Å². The fourth-order valence-electron chi connectivity index (χ4n) is 1.80. The Morgan fingerprint density at radius 1 is 0.500 bits per heavy atom. The van der Waals surface area contributed by atoms with E-state index in [1.54, 1.807) is 0 Å². The molecule has 0 radical (unpaired) electrons. The topological polar surface area (TPSA) is 119 Å². The number of aromatic nitrogens is 9. The molecular formula is C12H12N10. The summed E-state index contributed by atoms with van der Waals surface area (Å²) in [4.78, 5) is 38.3. The third kappa shape index (κ3) is 3.99. The summed E-state index contributed by atoms with van der Waals surface area (Å²) < 4.78 is 0. The molecule has 0 bridgehead atoms. The predicted octanol–water partition coefficient (Wildman–Crippen LogP) is -0.556. The summed E-state index contributed by atoms with van der Waals surface area (Å²) in [5, 5.41) is 0. The minimum absolute atomic E-state index is 0.500. The highest BCUT2D eigenvalue weighted by molar-refractivity contribution is 4.89. The Morgan fingerprint density at radius 3 is 1.05 bits per heavy atom. The fraction of sp³-hybridized carbons (Fsp3) is 0.250. The van der Waals surface area contributed by atoms with Crippen molar-refractivity contribution in [2.24, 2.45) is 0 Å². The van der Waals surface area contributed by atoms with Gasteiger partial charge in [-0.05, 0) is 0 Å². The summed E-state index contributed by atoms with van der Waals surface area (Å²) in [6.45, 7) is 1.50. The molecule has 3 aromatic heterocycles. The van der Waals surface area contributed by atoms with Gasteiger partial charge in [-0.3, -0.25) is 4.90 Å². The maximum Gasteiger partial charge on any atom is 0.145 e. The first-order valence-corrected chi connectivity index (χ1v) is 6.45. The molecule has 3 heterocycles. The van der Waals surface area contributed by atoms with E-state index in [9.17, 15) is 0 Å². The van der Waals surface area contributed by atoms with E-state index in [1.807, 2.05) is 4.90 Å². The van der Waals surface area contributed by atoms with Gasteiger partial charge in [0.05, 0.1) is 19.6 Å². The van der Waals surface area contributed by atoms with Crippen molar-refractivity contribution in [1.82, 2.24) is 49.8 Å². The molecule has 3 rings (SSSR count). The first kappa shape index (κ1) is 13.9. The van der Waals surface area contributed by atoms with Crippen LogP contribution in [-0.4, -0.2) is 49.8 Å². The molecular weight excluding hydrogens is 284 g/mol. The predicted molar refractivity (Wildman–Crippen MR) is 72.4 cm³/mol. The molecule has 0 saturated carbocycles. The maximum atomic E-state index is 4.13. The highest BCUT2D eigenvalue weighted by Gasteiger charge is 2.12. The van der Waals surface area contributed by atoms with E-state index in [2.05, 4.69) is 44.9 Å². The van der Waals surface area contributed by atoms with Crippen LogP contribution in [-0.2, 0) is 19.6 Å². The molecule has 10 nitrogen and oxygen atoms in total. The Labute approximate surface area is 125 Å². The Kier molecular flexibility index (Phi) is 4.52. The second-order valence-electron chi connectivity index (χ2n) is 4.31. The van der Waals surface area contributed by atoms with E-state index in [0.29, 0.717) is 37.1 Å². The van der Waals surface area contributed by atoms with Crippen LogP contribution in [0.25, 0.3) is 0 Å². The number of hydrogen-bond donors (Lipinski definition) is 0. The van der Waals surface area contributed by atoms with Gasteiger partial charge >= 0.3 is 0 Å². The lowest BCUT2D eigenvalue weighted by atomic mass is 10.4. The second-order valence-corrected chi connectivity index (χ2v) is 4.31. The lowest BCUT2D eigenvalue weighted by Crippen LogP contribution is -2.25. The van der Waals surface area contributed by atoms with Crippen LogP contribution in [0.4, 0.5) is 0 Å². The monoisotopic (exact) mass is 296 g/mol. The van der Waals surface area contributed by atoms with Crippen LogP contribution >= 0.6 is 0 Å². The Morgan fingerprint density at radius 2 is 0.773 bits per heavy atom. The molecule has 10 heteroatoms. The van der Waals surface area contributed by atoms with E-state index in [0.717, 1.165) is 0 Å². The van der Waals surface area contributed by atoms with Crippen LogP contribution in [0.1, 0.15) is 17.5 Å². The van der Waals surface area contributed by atoms with Crippen LogP contribution in [0.15, 0.2) is 38.0 Å². The van der Waals surface area contributed by atoms with E-state index in [1.165, 1.54) is 38.0 Å². The van der Waals surface area contributed by atoms with Crippen LogP contribution in [0.5, 0.6) is 0 Å². The molecule has 0 saturated heterocycles. The third-order valence-corrected chi connectivity index (χ3v) is 2.74. The summed E-state index contributed by atoms with van der Waals surface area (Å²) in [5.74, 6) is 1.95. The van der Waals surface area contributed by atoms with Crippen LogP contribution < -0.4 is 0 Å². The summed E-state index contributed by atoms with van der Waals surface area (Å²) in [6, 6.07) is 0. The van der Waals surface area contributed by atoms with E-state index >= 15 is 0 Å². The number of rotatable bonds is 6. The van der Waals surface area contributed by atoms with Gasteiger partial charge in [0.15, 0.2) is 0 Å². The highest BCUT2D eigenvalue weighted by atomic mass is 15.2. The summed E-state index contributed by atoms with van der Waals surface area (Å²) in [6.07, 6.45) is 8.79. The lowest BCUT2D eigenvalue weighted by molar-refractivity contribution is 0.228. The van der Waals surface area contributed by atoms with Crippen molar-refractivity contribution < 1.29 is 0 Å². The fourth-order valence-corrected chi connectivity index (χ4v) is 1.80. The average molecular weight is 296 g/mol. The molecule has 22 heavy (non-hydrogen) atoms. The first-order valence-electron chi connectivity index (χ1n) is 6.45. The molecule has 0 aromatic carbocycles. The molecule has 0 unspecified atom stereocenters. The Bertz CT molecular complexity index is 579. The standard InChI is InChI=1S/C12H12N10/c1(10-16-4-13-5-17-10)22(2-11-18-6-14-7-19-11)3-12-20-8-15-9-21-12/h4-9H,1-3H2. The molecule has 0 fully saturated rings. The SMILES string of the molecule is c1ncnc(CN(Cc2ncncn2)Cc2ncncn2)n1. The number of nitrogens with zero attached hydrogens (tertiary/aromatic N) is 10. The van der Waals surface area contributed by atoms with E-state index in [-0.39, 0.29) is 0 Å². The molecule has 110 valence electrons. The van der Waals surface area contributed by atoms with Gasteiger partial charge in [0, 0.05) is 0 Å². The van der Waals surface area contributed by atoms with Gasteiger partial charge in [-0.1, -0.05) is 0 Å². The van der Waals surface area contributed by atoms with Crippen molar-refractivity contribution in [1.29, 1.82) is 0 Å². The van der Waals surface area contributed by atoms with Crippen molar-refractivity contribution in [3.63, 3.8) is 0 Å². The molecule has 3 aromatic rings. The Hall–Kier alpha value is -3.01. The summed E-state index contributed by atoms with van der Waals surface area (Å²) >= 11 is 0. The van der Waals surface area contributed by atoms with Crippen LogP contribution in [0, 0.1) is 0 Å². The van der Waals surface area contributed by atoms with Gasteiger partial charge in [-0.15, -0.1) is 0 Å². The van der Waals surface area contributed by atoms with Crippen molar-refractivity contribution in [2.45, 2.75) is 19.6 Å². The summed E-state index contributed by atoms with van der Waals surface area (Å²) in [7, 11) is 0. The van der Waals surface area contributed by atoms with Crippen molar-refractivity contribution in [3.05, 3.63) is 55.4 Å². The van der Waals surface area contributed by atoms with Crippen molar-refractivity contribution in [2.75, 3.05) is 0 Å². The normalized spacial score (nSPS) is 10.8. The lowest BCUT2D eigenvalue weighted by Gasteiger charge is -2.19. The maximum absolute atomic E-state index is 4.13. The molecule has 0 amide bonds. The van der Waals surface area contributed by atoms with E-state index in [4.69, 9.17) is 0 Å². The van der Waals surface area contributed by atoms with E-state index < -0.39 is 0 Å². The molecule has 0 N–H and O–H groups in total. The summed E-state index contributed by atoms with van der Waals surface area (Å²) in [5.41, 5.74) is 0. The molecule has 0 atom stereocenters.